The van der Waals surface area contributed by atoms with Gasteiger partial charge in [0, 0.05) is 22.7 Å². The molecular formula is C16H10N2S2. The summed E-state index contributed by atoms with van der Waals surface area (Å²) in [5, 5.41) is 5.19. The minimum Gasteiger partial charge on any atom is -0.255 e. The van der Waals surface area contributed by atoms with E-state index in [1.807, 2.05) is 30.5 Å². The molecule has 0 saturated carbocycles. The standard InChI is InChI=1S/C16H10N2S2/c1-2-4-11(5-3-1)14-10-20-16(18-14)12-8-15-13(17-9-12)6-7-19-15/h1-10H. The maximum absolute atomic E-state index is 4.73. The first-order chi connectivity index (χ1) is 9.90. The van der Waals surface area contributed by atoms with Gasteiger partial charge in [0.05, 0.1) is 15.9 Å². The zero-order valence-electron chi connectivity index (χ0n) is 10.5. The minimum atomic E-state index is 1.02. The van der Waals surface area contributed by atoms with Gasteiger partial charge in [-0.15, -0.1) is 22.7 Å². The molecule has 0 radical (unpaired) electrons. The normalized spacial score (nSPS) is 11.0. The van der Waals surface area contributed by atoms with Crippen LogP contribution in [-0.2, 0) is 0 Å². The lowest BCUT2D eigenvalue weighted by molar-refractivity contribution is 1.37. The summed E-state index contributed by atoms with van der Waals surface area (Å²) in [4.78, 5) is 9.20. The highest BCUT2D eigenvalue weighted by Gasteiger charge is 2.08. The first-order valence-electron chi connectivity index (χ1n) is 6.25. The Labute approximate surface area is 124 Å². The minimum absolute atomic E-state index is 1.02. The van der Waals surface area contributed by atoms with Crippen LogP contribution in [0.4, 0.5) is 0 Å². The first-order valence-corrected chi connectivity index (χ1v) is 8.01. The maximum Gasteiger partial charge on any atom is 0.125 e. The van der Waals surface area contributed by atoms with E-state index in [0.717, 1.165) is 27.3 Å². The van der Waals surface area contributed by atoms with Crippen molar-refractivity contribution in [3.63, 3.8) is 0 Å². The second-order valence-corrected chi connectivity index (χ2v) is 6.24. The molecule has 3 aromatic heterocycles. The molecule has 0 aliphatic carbocycles. The van der Waals surface area contributed by atoms with Gasteiger partial charge in [-0.2, -0.15) is 0 Å². The fourth-order valence-corrected chi connectivity index (χ4v) is 3.70. The molecule has 0 spiro atoms. The summed E-state index contributed by atoms with van der Waals surface area (Å²) in [6, 6.07) is 14.5. The molecule has 0 saturated heterocycles. The summed E-state index contributed by atoms with van der Waals surface area (Å²) in [6.45, 7) is 0. The second-order valence-electron chi connectivity index (χ2n) is 4.43. The van der Waals surface area contributed by atoms with E-state index in [4.69, 9.17) is 4.98 Å². The smallest absolute Gasteiger partial charge is 0.125 e. The number of aromatic nitrogens is 2. The van der Waals surface area contributed by atoms with Crippen molar-refractivity contribution in [1.82, 2.24) is 9.97 Å². The van der Waals surface area contributed by atoms with Gasteiger partial charge in [0.25, 0.3) is 0 Å². The van der Waals surface area contributed by atoms with Crippen LogP contribution in [0.2, 0.25) is 0 Å². The Balaban J connectivity index is 1.77. The third-order valence-corrected chi connectivity index (χ3v) is 4.87. The highest BCUT2D eigenvalue weighted by atomic mass is 32.1. The zero-order valence-corrected chi connectivity index (χ0v) is 12.1. The fourth-order valence-electron chi connectivity index (χ4n) is 2.11. The van der Waals surface area contributed by atoms with Crippen LogP contribution in [0.25, 0.3) is 32.0 Å². The van der Waals surface area contributed by atoms with E-state index in [0.29, 0.717) is 0 Å². The molecule has 4 rings (SSSR count). The highest BCUT2D eigenvalue weighted by Crippen LogP contribution is 2.31. The van der Waals surface area contributed by atoms with Crippen LogP contribution in [0.3, 0.4) is 0 Å². The lowest BCUT2D eigenvalue weighted by Gasteiger charge is -1.97. The van der Waals surface area contributed by atoms with Gasteiger partial charge in [-0.05, 0) is 17.5 Å². The summed E-state index contributed by atoms with van der Waals surface area (Å²) in [5.74, 6) is 0. The third-order valence-electron chi connectivity index (χ3n) is 3.12. The summed E-state index contributed by atoms with van der Waals surface area (Å²) in [7, 11) is 0. The maximum atomic E-state index is 4.73. The van der Waals surface area contributed by atoms with Crippen LogP contribution >= 0.6 is 22.7 Å². The summed E-state index contributed by atoms with van der Waals surface area (Å²) < 4.78 is 1.21. The number of pyridine rings is 1. The third kappa shape index (κ3) is 2.03. The van der Waals surface area contributed by atoms with Crippen molar-refractivity contribution < 1.29 is 0 Å². The van der Waals surface area contributed by atoms with E-state index >= 15 is 0 Å². The molecule has 4 aromatic rings. The average molecular weight is 294 g/mol. The molecule has 20 heavy (non-hydrogen) atoms. The van der Waals surface area contributed by atoms with Crippen LogP contribution in [0, 0.1) is 0 Å². The van der Waals surface area contributed by atoms with E-state index < -0.39 is 0 Å². The van der Waals surface area contributed by atoms with Crippen molar-refractivity contribution in [2.45, 2.75) is 0 Å². The van der Waals surface area contributed by atoms with E-state index in [9.17, 15) is 0 Å². The Morgan fingerprint density at radius 2 is 1.80 bits per heavy atom. The predicted octanol–water partition coefficient (Wildman–Crippen LogP) is 5.09. The number of thiazole rings is 1. The van der Waals surface area contributed by atoms with E-state index in [-0.39, 0.29) is 0 Å². The molecule has 0 bridgehead atoms. The van der Waals surface area contributed by atoms with Gasteiger partial charge >= 0.3 is 0 Å². The molecule has 1 aromatic carbocycles. The van der Waals surface area contributed by atoms with Crippen LogP contribution in [-0.4, -0.2) is 9.97 Å². The molecule has 0 fully saturated rings. The fraction of sp³-hybridized carbons (Fsp3) is 0. The topological polar surface area (TPSA) is 25.8 Å². The summed E-state index contributed by atoms with van der Waals surface area (Å²) in [6.07, 6.45) is 1.91. The van der Waals surface area contributed by atoms with E-state index in [2.05, 4.69) is 33.9 Å². The molecule has 0 N–H and O–H groups in total. The number of benzene rings is 1. The monoisotopic (exact) mass is 294 g/mol. The van der Waals surface area contributed by atoms with Gasteiger partial charge in [0.1, 0.15) is 5.01 Å². The van der Waals surface area contributed by atoms with E-state index in [1.54, 1.807) is 22.7 Å². The van der Waals surface area contributed by atoms with Gasteiger partial charge < -0.3 is 0 Å². The van der Waals surface area contributed by atoms with Crippen molar-refractivity contribution in [2.75, 3.05) is 0 Å². The van der Waals surface area contributed by atoms with Crippen molar-refractivity contribution in [3.8, 4) is 21.8 Å². The number of hydrogen-bond acceptors (Lipinski definition) is 4. The quantitative estimate of drug-likeness (QED) is 0.515. The molecular weight excluding hydrogens is 284 g/mol. The Morgan fingerprint density at radius 1 is 0.900 bits per heavy atom. The Kier molecular flexibility index (Phi) is 2.83. The molecule has 2 nitrogen and oxygen atoms in total. The van der Waals surface area contributed by atoms with Gasteiger partial charge in [-0.25, -0.2) is 4.98 Å². The van der Waals surface area contributed by atoms with Crippen LogP contribution in [0.1, 0.15) is 0 Å². The molecule has 96 valence electrons. The Hall–Kier alpha value is -2.04. The molecule has 0 aliphatic rings. The number of fused-ring (bicyclic) bond motifs is 1. The molecule has 0 atom stereocenters. The molecule has 3 heterocycles. The molecule has 0 unspecified atom stereocenters. The molecule has 0 amide bonds. The van der Waals surface area contributed by atoms with Crippen LogP contribution < -0.4 is 0 Å². The van der Waals surface area contributed by atoms with Crippen molar-refractivity contribution >= 4 is 32.9 Å². The van der Waals surface area contributed by atoms with Crippen LogP contribution in [0.15, 0.2) is 59.4 Å². The summed E-state index contributed by atoms with van der Waals surface area (Å²) >= 11 is 3.38. The van der Waals surface area contributed by atoms with Crippen molar-refractivity contribution in [1.29, 1.82) is 0 Å². The SMILES string of the molecule is c1ccc(-c2csc(-c3cnc4ccsc4c3)n2)cc1. The van der Waals surface area contributed by atoms with Gasteiger partial charge in [0.2, 0.25) is 0 Å². The van der Waals surface area contributed by atoms with Crippen molar-refractivity contribution in [2.24, 2.45) is 0 Å². The molecule has 4 heteroatoms. The van der Waals surface area contributed by atoms with Gasteiger partial charge in [-0.3, -0.25) is 4.98 Å². The first kappa shape index (κ1) is 11.8. The summed E-state index contributed by atoms with van der Waals surface area (Å²) in [5.41, 5.74) is 4.32. The van der Waals surface area contributed by atoms with Crippen LogP contribution in [0.5, 0.6) is 0 Å². The lowest BCUT2D eigenvalue weighted by atomic mass is 10.2. The number of thiophene rings is 1. The van der Waals surface area contributed by atoms with Gasteiger partial charge in [-0.1, -0.05) is 30.3 Å². The second kappa shape index (κ2) is 4.81. The average Bonchev–Trinajstić information content (AvgIpc) is 3.16. The molecule has 0 aliphatic heterocycles. The number of hydrogen-bond donors (Lipinski definition) is 0. The Bertz CT molecular complexity index is 862. The van der Waals surface area contributed by atoms with Gasteiger partial charge in [0.15, 0.2) is 0 Å². The zero-order chi connectivity index (χ0) is 13.4. The number of rotatable bonds is 2. The van der Waals surface area contributed by atoms with Crippen molar-refractivity contribution in [3.05, 3.63) is 59.4 Å². The predicted molar refractivity (Wildman–Crippen MR) is 86.2 cm³/mol. The lowest BCUT2D eigenvalue weighted by Crippen LogP contribution is -1.80. The Morgan fingerprint density at radius 3 is 2.70 bits per heavy atom. The number of nitrogens with zero attached hydrogens (tertiary/aromatic N) is 2. The van der Waals surface area contributed by atoms with E-state index in [1.165, 1.54) is 4.70 Å². The highest BCUT2D eigenvalue weighted by molar-refractivity contribution is 7.17. The largest absolute Gasteiger partial charge is 0.255 e.